The number of sulfonamides is 1. The molecule has 2 aromatic heterocycles. The molecular formula is C17H16ClN3O2S2. The minimum atomic E-state index is -3.65. The van der Waals surface area contributed by atoms with E-state index >= 15 is 0 Å². The predicted octanol–water partition coefficient (Wildman–Crippen LogP) is 4.90. The van der Waals surface area contributed by atoms with Crippen LogP contribution in [0, 0.1) is 0 Å². The van der Waals surface area contributed by atoms with Crippen LogP contribution in [0.15, 0.2) is 58.9 Å². The molecule has 2 N–H and O–H groups in total. The van der Waals surface area contributed by atoms with Crippen LogP contribution in [0.3, 0.4) is 0 Å². The average Bonchev–Trinajstić information content (AvgIpc) is 3.04. The Hall–Kier alpha value is -2.09. The molecule has 3 aromatic rings. The van der Waals surface area contributed by atoms with Crippen molar-refractivity contribution in [3.63, 3.8) is 0 Å². The quantitative estimate of drug-likeness (QED) is 0.624. The summed E-state index contributed by atoms with van der Waals surface area (Å²) in [5.41, 5.74) is 2.56. The lowest BCUT2D eigenvalue weighted by Crippen LogP contribution is -2.11. The molecule has 0 amide bonds. The number of pyridine rings is 1. The number of para-hydroxylation sites is 1. The van der Waals surface area contributed by atoms with E-state index in [4.69, 9.17) is 11.6 Å². The summed E-state index contributed by atoms with van der Waals surface area (Å²) in [5, 5.41) is 3.24. The molecule has 0 aliphatic rings. The van der Waals surface area contributed by atoms with Crippen molar-refractivity contribution >= 4 is 50.2 Å². The monoisotopic (exact) mass is 393 g/mol. The summed E-state index contributed by atoms with van der Waals surface area (Å²) in [6, 6.07) is 14.4. The minimum absolute atomic E-state index is 0.163. The zero-order valence-electron chi connectivity index (χ0n) is 13.4. The summed E-state index contributed by atoms with van der Waals surface area (Å²) in [7, 11) is -3.65. The third-order valence-corrected chi connectivity index (χ3v) is 6.59. The van der Waals surface area contributed by atoms with Crippen LogP contribution in [0.25, 0.3) is 0 Å². The standard InChI is InChI=1S/C17H16ClN3O2S2/c1-2-12-5-3-4-6-14(12)20-16-9-7-13(11-19-16)21-25(22,23)17-10-8-15(18)24-17/h3-11,21H,2H2,1H3,(H,19,20). The topological polar surface area (TPSA) is 71.1 Å². The van der Waals surface area contributed by atoms with E-state index in [1.165, 1.54) is 17.8 Å². The van der Waals surface area contributed by atoms with Gasteiger partial charge in [0, 0.05) is 5.69 Å². The number of rotatable bonds is 6. The normalized spacial score (nSPS) is 11.3. The van der Waals surface area contributed by atoms with Gasteiger partial charge in [-0.2, -0.15) is 0 Å². The van der Waals surface area contributed by atoms with E-state index in [1.54, 1.807) is 18.2 Å². The summed E-state index contributed by atoms with van der Waals surface area (Å²) in [4.78, 5) is 4.27. The molecule has 130 valence electrons. The Morgan fingerprint density at radius 1 is 1.12 bits per heavy atom. The molecule has 0 atom stereocenters. The Morgan fingerprint density at radius 2 is 1.92 bits per heavy atom. The van der Waals surface area contributed by atoms with Crippen LogP contribution in [0.1, 0.15) is 12.5 Å². The fraction of sp³-hybridized carbons (Fsp3) is 0.118. The van der Waals surface area contributed by atoms with E-state index in [2.05, 4.69) is 28.0 Å². The third kappa shape index (κ3) is 4.31. The van der Waals surface area contributed by atoms with Crippen LogP contribution < -0.4 is 10.0 Å². The molecule has 0 spiro atoms. The number of aromatic nitrogens is 1. The number of nitrogens with one attached hydrogen (secondary N) is 2. The Kier molecular flexibility index (Phi) is 5.27. The number of benzene rings is 1. The zero-order chi connectivity index (χ0) is 17.9. The van der Waals surface area contributed by atoms with Gasteiger partial charge in [-0.25, -0.2) is 13.4 Å². The molecule has 0 bridgehead atoms. The largest absolute Gasteiger partial charge is 0.340 e. The van der Waals surface area contributed by atoms with Crippen molar-refractivity contribution in [3.8, 4) is 0 Å². The number of nitrogens with zero attached hydrogens (tertiary/aromatic N) is 1. The number of aryl methyl sites for hydroxylation is 1. The van der Waals surface area contributed by atoms with Gasteiger partial charge in [0.25, 0.3) is 10.0 Å². The second-order valence-electron chi connectivity index (χ2n) is 5.23. The number of hydrogen-bond acceptors (Lipinski definition) is 5. The van der Waals surface area contributed by atoms with E-state index in [0.717, 1.165) is 23.4 Å². The Bertz CT molecular complexity index is 970. The highest BCUT2D eigenvalue weighted by Crippen LogP contribution is 2.27. The maximum Gasteiger partial charge on any atom is 0.271 e. The molecule has 0 radical (unpaired) electrons. The Balaban J connectivity index is 1.74. The van der Waals surface area contributed by atoms with E-state index in [1.807, 2.05) is 18.2 Å². The molecule has 0 unspecified atom stereocenters. The summed E-state index contributed by atoms with van der Waals surface area (Å²) in [6.07, 6.45) is 2.38. The molecule has 3 rings (SSSR count). The molecular weight excluding hydrogens is 378 g/mol. The number of anilines is 3. The van der Waals surface area contributed by atoms with E-state index in [-0.39, 0.29) is 4.21 Å². The van der Waals surface area contributed by atoms with Gasteiger partial charge in [0.15, 0.2) is 0 Å². The van der Waals surface area contributed by atoms with Gasteiger partial charge in [0.2, 0.25) is 0 Å². The molecule has 1 aromatic carbocycles. The van der Waals surface area contributed by atoms with Gasteiger partial charge in [0.05, 0.1) is 16.2 Å². The van der Waals surface area contributed by atoms with Crippen LogP contribution in [0.5, 0.6) is 0 Å². The summed E-state index contributed by atoms with van der Waals surface area (Å²) >= 11 is 6.80. The highest BCUT2D eigenvalue weighted by atomic mass is 35.5. The molecule has 25 heavy (non-hydrogen) atoms. The van der Waals surface area contributed by atoms with Crippen LogP contribution in [-0.4, -0.2) is 13.4 Å². The van der Waals surface area contributed by atoms with Crippen molar-refractivity contribution < 1.29 is 8.42 Å². The van der Waals surface area contributed by atoms with E-state index in [9.17, 15) is 8.42 Å². The van der Waals surface area contributed by atoms with Crippen molar-refractivity contribution in [1.82, 2.24) is 4.98 Å². The first-order valence-corrected chi connectivity index (χ1v) is 10.2. The van der Waals surface area contributed by atoms with Gasteiger partial charge >= 0.3 is 0 Å². The Labute approximate surface area is 155 Å². The van der Waals surface area contributed by atoms with Crippen LogP contribution in [0.2, 0.25) is 4.34 Å². The minimum Gasteiger partial charge on any atom is -0.340 e. The molecule has 0 aliphatic heterocycles. The summed E-state index contributed by atoms with van der Waals surface area (Å²) in [5.74, 6) is 0.642. The SMILES string of the molecule is CCc1ccccc1Nc1ccc(NS(=O)(=O)c2ccc(Cl)s2)cn1. The fourth-order valence-electron chi connectivity index (χ4n) is 2.26. The van der Waals surface area contributed by atoms with Gasteiger partial charge in [0.1, 0.15) is 10.0 Å². The van der Waals surface area contributed by atoms with Crippen molar-refractivity contribution in [2.24, 2.45) is 0 Å². The second kappa shape index (κ2) is 7.43. The zero-order valence-corrected chi connectivity index (χ0v) is 15.8. The van der Waals surface area contributed by atoms with Crippen molar-refractivity contribution in [1.29, 1.82) is 0 Å². The maximum absolute atomic E-state index is 12.3. The molecule has 0 saturated carbocycles. The average molecular weight is 394 g/mol. The lowest BCUT2D eigenvalue weighted by atomic mass is 10.1. The molecule has 5 nitrogen and oxygen atoms in total. The number of thiophene rings is 1. The van der Waals surface area contributed by atoms with Crippen molar-refractivity contribution in [2.75, 3.05) is 10.0 Å². The smallest absolute Gasteiger partial charge is 0.271 e. The number of halogens is 1. The highest BCUT2D eigenvalue weighted by molar-refractivity contribution is 7.94. The summed E-state index contributed by atoms with van der Waals surface area (Å²) in [6.45, 7) is 2.09. The van der Waals surface area contributed by atoms with Crippen molar-refractivity contribution in [2.45, 2.75) is 17.6 Å². The lowest BCUT2D eigenvalue weighted by Gasteiger charge is -2.11. The van der Waals surface area contributed by atoms with Gasteiger partial charge in [-0.1, -0.05) is 36.7 Å². The molecule has 8 heteroatoms. The van der Waals surface area contributed by atoms with Crippen molar-refractivity contribution in [3.05, 3.63) is 64.6 Å². The van der Waals surface area contributed by atoms with Gasteiger partial charge < -0.3 is 5.32 Å². The summed E-state index contributed by atoms with van der Waals surface area (Å²) < 4.78 is 27.6. The van der Waals surface area contributed by atoms with E-state index < -0.39 is 10.0 Å². The highest BCUT2D eigenvalue weighted by Gasteiger charge is 2.16. The van der Waals surface area contributed by atoms with Gasteiger partial charge in [-0.3, -0.25) is 4.72 Å². The van der Waals surface area contributed by atoms with Crippen LogP contribution in [0.4, 0.5) is 17.2 Å². The molecule has 0 saturated heterocycles. The molecule has 0 aliphatic carbocycles. The maximum atomic E-state index is 12.3. The molecule has 2 heterocycles. The number of hydrogen-bond donors (Lipinski definition) is 2. The van der Waals surface area contributed by atoms with Gasteiger partial charge in [-0.05, 0) is 42.3 Å². The first-order chi connectivity index (χ1) is 12.0. The molecule has 0 fully saturated rings. The first kappa shape index (κ1) is 17.7. The second-order valence-corrected chi connectivity index (χ2v) is 8.86. The predicted molar refractivity (Wildman–Crippen MR) is 103 cm³/mol. The van der Waals surface area contributed by atoms with Crippen LogP contribution in [-0.2, 0) is 16.4 Å². The lowest BCUT2D eigenvalue weighted by molar-refractivity contribution is 0.603. The van der Waals surface area contributed by atoms with Gasteiger partial charge in [-0.15, -0.1) is 11.3 Å². The van der Waals surface area contributed by atoms with E-state index in [0.29, 0.717) is 15.8 Å². The Morgan fingerprint density at radius 3 is 2.56 bits per heavy atom. The first-order valence-electron chi connectivity index (χ1n) is 7.57. The fourth-order valence-corrected chi connectivity index (χ4v) is 4.79. The third-order valence-electron chi connectivity index (χ3n) is 3.49. The van der Waals surface area contributed by atoms with Crippen LogP contribution >= 0.6 is 22.9 Å².